The summed E-state index contributed by atoms with van der Waals surface area (Å²) in [6.45, 7) is 0.628. The Labute approximate surface area is 133 Å². The van der Waals surface area contributed by atoms with Gasteiger partial charge in [0.25, 0.3) is 5.89 Å². The molecule has 8 heteroatoms. The molecule has 6 nitrogen and oxygen atoms in total. The number of hydrogen-bond acceptors (Lipinski definition) is 6. The Morgan fingerprint density at radius 2 is 2.05 bits per heavy atom. The van der Waals surface area contributed by atoms with Gasteiger partial charge in [-0.3, -0.25) is 0 Å². The third kappa shape index (κ3) is 3.85. The van der Waals surface area contributed by atoms with E-state index < -0.39 is 9.84 Å². The molecule has 1 saturated heterocycles. The summed E-state index contributed by atoms with van der Waals surface area (Å²) in [5.41, 5.74) is 0.694. The lowest BCUT2D eigenvalue weighted by Gasteiger charge is -2.08. The fourth-order valence-corrected chi connectivity index (χ4v) is 3.92. The quantitative estimate of drug-likeness (QED) is 0.830. The van der Waals surface area contributed by atoms with Crippen LogP contribution in [0, 0.1) is 0 Å². The average Bonchev–Trinajstić information content (AvgIpc) is 3.10. The topological polar surface area (TPSA) is 82.3 Å². The molecule has 0 N–H and O–H groups in total. The van der Waals surface area contributed by atoms with Crippen molar-refractivity contribution in [3.8, 4) is 11.5 Å². The molecular weight excluding hydrogens is 328 g/mol. The lowest BCUT2D eigenvalue weighted by atomic mass is 10.2. The SMILES string of the molecule is O=S(=O)(Cc1noc(-c2ccc(Cl)cc2)n1)CC1CCCO1. The van der Waals surface area contributed by atoms with Crippen LogP contribution in [0.1, 0.15) is 18.7 Å². The number of sulfone groups is 1. The molecule has 0 bridgehead atoms. The molecule has 0 saturated carbocycles. The van der Waals surface area contributed by atoms with Crippen molar-refractivity contribution in [1.82, 2.24) is 10.1 Å². The number of ether oxygens (including phenoxy) is 1. The van der Waals surface area contributed by atoms with Crippen LogP contribution < -0.4 is 0 Å². The molecule has 0 spiro atoms. The van der Waals surface area contributed by atoms with Crippen molar-refractivity contribution < 1.29 is 17.7 Å². The highest BCUT2D eigenvalue weighted by Gasteiger charge is 2.25. The van der Waals surface area contributed by atoms with E-state index in [1.54, 1.807) is 24.3 Å². The second kappa shape index (κ2) is 6.36. The monoisotopic (exact) mass is 342 g/mol. The number of aromatic nitrogens is 2. The second-order valence-electron chi connectivity index (χ2n) is 5.21. The fourth-order valence-electron chi connectivity index (χ4n) is 2.34. The summed E-state index contributed by atoms with van der Waals surface area (Å²) in [4.78, 5) is 4.13. The first-order valence-corrected chi connectivity index (χ1v) is 9.12. The maximum Gasteiger partial charge on any atom is 0.257 e. The fraction of sp³-hybridized carbons (Fsp3) is 0.429. The van der Waals surface area contributed by atoms with Crippen LogP contribution >= 0.6 is 11.6 Å². The van der Waals surface area contributed by atoms with Crippen molar-refractivity contribution in [2.45, 2.75) is 24.7 Å². The number of hydrogen-bond donors (Lipinski definition) is 0. The van der Waals surface area contributed by atoms with Gasteiger partial charge >= 0.3 is 0 Å². The van der Waals surface area contributed by atoms with Gasteiger partial charge in [-0.05, 0) is 37.1 Å². The van der Waals surface area contributed by atoms with Gasteiger partial charge < -0.3 is 9.26 Å². The zero-order valence-corrected chi connectivity index (χ0v) is 13.3. The zero-order chi connectivity index (χ0) is 15.6. The first kappa shape index (κ1) is 15.5. The van der Waals surface area contributed by atoms with Crippen LogP contribution in [0.25, 0.3) is 11.5 Å². The van der Waals surface area contributed by atoms with Gasteiger partial charge in [-0.1, -0.05) is 16.8 Å². The average molecular weight is 343 g/mol. The predicted molar refractivity (Wildman–Crippen MR) is 81.2 cm³/mol. The highest BCUT2D eigenvalue weighted by Crippen LogP contribution is 2.21. The van der Waals surface area contributed by atoms with Crippen LogP contribution in [-0.4, -0.2) is 37.0 Å². The molecule has 0 aliphatic carbocycles. The van der Waals surface area contributed by atoms with E-state index in [9.17, 15) is 8.42 Å². The first-order chi connectivity index (χ1) is 10.5. The van der Waals surface area contributed by atoms with Crippen LogP contribution in [0.5, 0.6) is 0 Å². The molecule has 1 atom stereocenters. The van der Waals surface area contributed by atoms with Crippen molar-refractivity contribution >= 4 is 21.4 Å². The molecule has 1 aromatic heterocycles. The normalized spacial score (nSPS) is 18.7. The summed E-state index contributed by atoms with van der Waals surface area (Å²) in [6, 6.07) is 6.88. The summed E-state index contributed by atoms with van der Waals surface area (Å²) in [7, 11) is -3.32. The summed E-state index contributed by atoms with van der Waals surface area (Å²) in [6.07, 6.45) is 1.47. The van der Waals surface area contributed by atoms with E-state index in [2.05, 4.69) is 10.1 Å². The summed E-state index contributed by atoms with van der Waals surface area (Å²) >= 11 is 5.81. The lowest BCUT2D eigenvalue weighted by Crippen LogP contribution is -2.21. The van der Waals surface area contributed by atoms with Gasteiger partial charge in [-0.2, -0.15) is 4.98 Å². The van der Waals surface area contributed by atoms with E-state index >= 15 is 0 Å². The second-order valence-corrected chi connectivity index (χ2v) is 7.76. The maximum atomic E-state index is 12.1. The molecule has 2 aromatic rings. The van der Waals surface area contributed by atoms with E-state index in [4.69, 9.17) is 20.9 Å². The molecule has 1 fully saturated rings. The van der Waals surface area contributed by atoms with Gasteiger partial charge in [-0.15, -0.1) is 0 Å². The largest absolute Gasteiger partial charge is 0.377 e. The Bertz CT molecular complexity index is 736. The highest BCUT2D eigenvalue weighted by atomic mass is 35.5. The van der Waals surface area contributed by atoms with Gasteiger partial charge in [0, 0.05) is 17.2 Å². The van der Waals surface area contributed by atoms with Crippen molar-refractivity contribution in [3.63, 3.8) is 0 Å². The molecule has 0 amide bonds. The molecule has 1 aliphatic heterocycles. The van der Waals surface area contributed by atoms with E-state index in [0.29, 0.717) is 17.2 Å². The third-order valence-corrected chi connectivity index (χ3v) is 5.20. The molecule has 22 heavy (non-hydrogen) atoms. The van der Waals surface area contributed by atoms with Gasteiger partial charge in [0.15, 0.2) is 15.7 Å². The van der Waals surface area contributed by atoms with Gasteiger partial charge in [0.2, 0.25) is 0 Å². The highest BCUT2D eigenvalue weighted by molar-refractivity contribution is 7.90. The number of rotatable bonds is 5. The number of halogens is 1. The van der Waals surface area contributed by atoms with E-state index in [1.807, 2.05) is 0 Å². The van der Waals surface area contributed by atoms with Crippen molar-refractivity contribution in [1.29, 1.82) is 0 Å². The van der Waals surface area contributed by atoms with Crippen molar-refractivity contribution in [2.24, 2.45) is 0 Å². The summed E-state index contributed by atoms with van der Waals surface area (Å²) < 4.78 is 34.7. The Hall–Kier alpha value is -1.44. The standard InChI is InChI=1S/C14H15ClN2O4S/c15-11-5-3-10(4-6-11)14-16-13(17-21-14)9-22(18,19)8-12-2-1-7-20-12/h3-6,12H,1-2,7-9H2. The molecule has 1 unspecified atom stereocenters. The molecule has 118 valence electrons. The van der Waals surface area contributed by atoms with Crippen molar-refractivity contribution in [2.75, 3.05) is 12.4 Å². The van der Waals surface area contributed by atoms with Crippen LogP contribution in [-0.2, 0) is 20.3 Å². The van der Waals surface area contributed by atoms with E-state index in [1.165, 1.54) is 0 Å². The van der Waals surface area contributed by atoms with Crippen LogP contribution in [0.4, 0.5) is 0 Å². The molecule has 0 radical (unpaired) electrons. The Balaban J connectivity index is 1.69. The Morgan fingerprint density at radius 1 is 1.27 bits per heavy atom. The molecule has 3 rings (SSSR count). The maximum absolute atomic E-state index is 12.1. The van der Waals surface area contributed by atoms with Crippen LogP contribution in [0.3, 0.4) is 0 Å². The van der Waals surface area contributed by atoms with Crippen LogP contribution in [0.15, 0.2) is 28.8 Å². The Morgan fingerprint density at radius 3 is 2.73 bits per heavy atom. The predicted octanol–water partition coefficient (Wildman–Crippen LogP) is 2.48. The number of benzene rings is 1. The third-order valence-electron chi connectivity index (χ3n) is 3.37. The minimum atomic E-state index is -3.32. The van der Waals surface area contributed by atoms with Gasteiger partial charge in [0.1, 0.15) is 5.75 Å². The Kier molecular flexibility index (Phi) is 4.46. The number of nitrogens with zero attached hydrogens (tertiary/aromatic N) is 2. The van der Waals surface area contributed by atoms with Crippen LogP contribution in [0.2, 0.25) is 5.02 Å². The van der Waals surface area contributed by atoms with Gasteiger partial charge in [0.05, 0.1) is 11.9 Å². The molecule has 1 aliphatic rings. The smallest absolute Gasteiger partial charge is 0.257 e. The first-order valence-electron chi connectivity index (χ1n) is 6.92. The minimum absolute atomic E-state index is 0.00216. The van der Waals surface area contributed by atoms with E-state index in [-0.39, 0.29) is 29.3 Å². The molecule has 1 aromatic carbocycles. The minimum Gasteiger partial charge on any atom is -0.377 e. The van der Waals surface area contributed by atoms with Crippen molar-refractivity contribution in [3.05, 3.63) is 35.1 Å². The van der Waals surface area contributed by atoms with Gasteiger partial charge in [-0.25, -0.2) is 8.42 Å². The zero-order valence-electron chi connectivity index (χ0n) is 11.7. The molecular formula is C14H15ClN2O4S. The summed E-state index contributed by atoms with van der Waals surface area (Å²) in [5.74, 6) is 0.184. The lowest BCUT2D eigenvalue weighted by molar-refractivity contribution is 0.127. The summed E-state index contributed by atoms with van der Waals surface area (Å²) in [5, 5.41) is 4.34. The molecule has 2 heterocycles. The van der Waals surface area contributed by atoms with E-state index in [0.717, 1.165) is 12.8 Å².